The van der Waals surface area contributed by atoms with Crippen LogP contribution < -0.4 is 15.4 Å². The maximum Gasteiger partial charge on any atom is 0.142 e. The Hall–Kier alpha value is -1.42. The monoisotopic (exact) mass is 249 g/mol. The summed E-state index contributed by atoms with van der Waals surface area (Å²) in [6.07, 6.45) is 2.27. The van der Waals surface area contributed by atoms with Gasteiger partial charge in [-0.05, 0) is 51.2 Å². The summed E-state index contributed by atoms with van der Waals surface area (Å²) in [5, 5.41) is 0. The van der Waals surface area contributed by atoms with E-state index < -0.39 is 0 Å². The van der Waals surface area contributed by atoms with E-state index in [4.69, 9.17) is 10.5 Å². The van der Waals surface area contributed by atoms with E-state index in [0.717, 1.165) is 37.5 Å². The highest BCUT2D eigenvalue weighted by Gasteiger charge is 2.20. The van der Waals surface area contributed by atoms with Crippen molar-refractivity contribution in [1.29, 1.82) is 0 Å². The molecule has 1 aliphatic heterocycles. The largest absolute Gasteiger partial charge is 0.495 e. The summed E-state index contributed by atoms with van der Waals surface area (Å²) in [5.74, 6) is 0.795. The number of benzene rings is 1. The molecule has 18 heavy (non-hydrogen) atoms. The molecule has 0 atom stereocenters. The summed E-state index contributed by atoms with van der Waals surface area (Å²) in [6, 6.07) is 4.13. The first-order chi connectivity index (χ1) is 8.61. The lowest BCUT2D eigenvalue weighted by Crippen LogP contribution is -2.25. The van der Waals surface area contributed by atoms with Crippen molar-refractivity contribution in [3.8, 4) is 5.75 Å². The lowest BCUT2D eigenvalue weighted by atomic mass is 10.1. The Balaban J connectivity index is 2.06. The van der Waals surface area contributed by atoms with Crippen LogP contribution >= 0.6 is 0 Å². The van der Waals surface area contributed by atoms with Crippen LogP contribution in [0.1, 0.15) is 12.0 Å². The van der Waals surface area contributed by atoms with E-state index >= 15 is 0 Å². The Morgan fingerprint density at radius 2 is 2.17 bits per heavy atom. The lowest BCUT2D eigenvalue weighted by molar-refractivity contribution is 0.401. The van der Waals surface area contributed by atoms with Gasteiger partial charge < -0.3 is 20.3 Å². The third-order valence-corrected chi connectivity index (χ3v) is 3.46. The number of rotatable bonds is 5. The summed E-state index contributed by atoms with van der Waals surface area (Å²) in [4.78, 5) is 4.65. The van der Waals surface area contributed by atoms with Crippen molar-refractivity contribution < 1.29 is 4.74 Å². The summed E-state index contributed by atoms with van der Waals surface area (Å²) >= 11 is 0. The molecule has 2 N–H and O–H groups in total. The molecule has 0 unspecified atom stereocenters. The van der Waals surface area contributed by atoms with Crippen LogP contribution in [0.2, 0.25) is 0 Å². The normalized spacial score (nSPS) is 14.1. The zero-order chi connectivity index (χ0) is 13.1. The predicted molar refractivity (Wildman–Crippen MR) is 76.5 cm³/mol. The molecule has 100 valence electrons. The molecule has 0 saturated carbocycles. The SMILES string of the molecule is COc1cc2c(cc1N)N(CCCN(C)C)CC2. The zero-order valence-electron chi connectivity index (χ0n) is 11.6. The van der Waals surface area contributed by atoms with Crippen LogP contribution in [0.4, 0.5) is 11.4 Å². The van der Waals surface area contributed by atoms with E-state index in [1.54, 1.807) is 7.11 Å². The first-order valence-corrected chi connectivity index (χ1v) is 6.48. The van der Waals surface area contributed by atoms with Gasteiger partial charge in [0.1, 0.15) is 5.75 Å². The van der Waals surface area contributed by atoms with Gasteiger partial charge >= 0.3 is 0 Å². The van der Waals surface area contributed by atoms with Crippen molar-refractivity contribution in [2.24, 2.45) is 0 Å². The van der Waals surface area contributed by atoms with Crippen LogP contribution in [0, 0.1) is 0 Å². The summed E-state index contributed by atoms with van der Waals surface area (Å²) < 4.78 is 5.27. The number of anilines is 2. The van der Waals surface area contributed by atoms with Gasteiger partial charge in [-0.15, -0.1) is 0 Å². The Morgan fingerprint density at radius 1 is 1.39 bits per heavy atom. The van der Waals surface area contributed by atoms with Crippen LogP contribution in [0.15, 0.2) is 12.1 Å². The first-order valence-electron chi connectivity index (χ1n) is 6.48. The van der Waals surface area contributed by atoms with Crippen LogP contribution in [-0.4, -0.2) is 45.7 Å². The second-order valence-corrected chi connectivity index (χ2v) is 5.12. The van der Waals surface area contributed by atoms with Gasteiger partial charge in [-0.1, -0.05) is 0 Å². The highest BCUT2D eigenvalue weighted by Crippen LogP contribution is 2.35. The number of methoxy groups -OCH3 is 1. The number of nitrogens with zero attached hydrogens (tertiary/aromatic N) is 2. The van der Waals surface area contributed by atoms with E-state index in [9.17, 15) is 0 Å². The highest BCUT2D eigenvalue weighted by molar-refractivity contribution is 5.69. The first kappa shape index (κ1) is 13.0. The Kier molecular flexibility index (Phi) is 3.97. The average molecular weight is 249 g/mol. The van der Waals surface area contributed by atoms with Crippen molar-refractivity contribution in [2.75, 3.05) is 51.5 Å². The Labute approximate surface area is 109 Å². The average Bonchev–Trinajstić information content (AvgIpc) is 2.70. The van der Waals surface area contributed by atoms with E-state index in [-0.39, 0.29) is 0 Å². The maximum absolute atomic E-state index is 5.98. The molecule has 0 fully saturated rings. The standard InChI is InChI=1S/C14H23N3O/c1-16(2)6-4-7-17-8-5-11-9-14(18-3)12(15)10-13(11)17/h9-10H,4-8,15H2,1-3H3. The summed E-state index contributed by atoms with van der Waals surface area (Å²) in [6.45, 7) is 3.31. The smallest absolute Gasteiger partial charge is 0.142 e. The quantitative estimate of drug-likeness (QED) is 0.805. The molecule has 4 nitrogen and oxygen atoms in total. The number of fused-ring (bicyclic) bond motifs is 1. The molecule has 1 aromatic rings. The van der Waals surface area contributed by atoms with Crippen LogP contribution in [-0.2, 0) is 6.42 Å². The van der Waals surface area contributed by atoms with E-state index in [1.165, 1.54) is 17.7 Å². The maximum atomic E-state index is 5.98. The van der Waals surface area contributed by atoms with Crippen molar-refractivity contribution in [1.82, 2.24) is 4.90 Å². The number of nitrogens with two attached hydrogens (primary N) is 1. The Bertz CT molecular complexity index is 418. The molecule has 2 rings (SSSR count). The molecule has 0 saturated heterocycles. The molecule has 0 spiro atoms. The molecular formula is C14H23N3O. The third kappa shape index (κ3) is 2.70. The summed E-state index contributed by atoms with van der Waals surface area (Å²) in [5.41, 5.74) is 9.35. The van der Waals surface area contributed by atoms with E-state index in [2.05, 4.69) is 36.0 Å². The Morgan fingerprint density at radius 3 is 2.83 bits per heavy atom. The van der Waals surface area contributed by atoms with Crippen molar-refractivity contribution in [2.45, 2.75) is 12.8 Å². The third-order valence-electron chi connectivity index (χ3n) is 3.46. The minimum atomic E-state index is 0.732. The van der Waals surface area contributed by atoms with Gasteiger partial charge in [0.25, 0.3) is 0 Å². The molecule has 1 aromatic carbocycles. The van der Waals surface area contributed by atoms with Crippen molar-refractivity contribution >= 4 is 11.4 Å². The van der Waals surface area contributed by atoms with Gasteiger partial charge in [-0.2, -0.15) is 0 Å². The van der Waals surface area contributed by atoms with Gasteiger partial charge in [0, 0.05) is 18.8 Å². The van der Waals surface area contributed by atoms with Crippen molar-refractivity contribution in [3.05, 3.63) is 17.7 Å². The second-order valence-electron chi connectivity index (χ2n) is 5.12. The van der Waals surface area contributed by atoms with Gasteiger partial charge in [0.15, 0.2) is 0 Å². The number of hydrogen-bond acceptors (Lipinski definition) is 4. The molecule has 1 aliphatic rings. The molecule has 4 heteroatoms. The molecule has 0 aromatic heterocycles. The fraction of sp³-hybridized carbons (Fsp3) is 0.571. The number of nitrogen functional groups attached to an aromatic ring is 1. The van der Waals surface area contributed by atoms with Crippen LogP contribution in [0.25, 0.3) is 0 Å². The fourth-order valence-corrected chi connectivity index (χ4v) is 2.48. The van der Waals surface area contributed by atoms with Crippen molar-refractivity contribution in [3.63, 3.8) is 0 Å². The second kappa shape index (κ2) is 5.48. The molecule has 0 bridgehead atoms. The number of hydrogen-bond donors (Lipinski definition) is 1. The molecule has 0 aliphatic carbocycles. The summed E-state index contributed by atoms with van der Waals surface area (Å²) in [7, 11) is 5.89. The number of ether oxygens (including phenoxy) is 1. The van der Waals surface area contributed by atoms with Gasteiger partial charge in [0.2, 0.25) is 0 Å². The van der Waals surface area contributed by atoms with Gasteiger partial charge in [-0.25, -0.2) is 0 Å². The van der Waals surface area contributed by atoms with Crippen LogP contribution in [0.5, 0.6) is 5.75 Å². The topological polar surface area (TPSA) is 41.7 Å². The predicted octanol–water partition coefficient (Wildman–Crippen LogP) is 1.59. The molecule has 1 heterocycles. The molecular weight excluding hydrogens is 226 g/mol. The molecule has 0 amide bonds. The minimum Gasteiger partial charge on any atom is -0.495 e. The zero-order valence-corrected chi connectivity index (χ0v) is 11.6. The van der Waals surface area contributed by atoms with Crippen LogP contribution in [0.3, 0.4) is 0 Å². The fourth-order valence-electron chi connectivity index (χ4n) is 2.48. The lowest BCUT2D eigenvalue weighted by Gasteiger charge is -2.21. The van der Waals surface area contributed by atoms with E-state index in [1.807, 2.05) is 0 Å². The minimum absolute atomic E-state index is 0.732. The van der Waals surface area contributed by atoms with Gasteiger partial charge in [0.05, 0.1) is 12.8 Å². The van der Waals surface area contributed by atoms with E-state index in [0.29, 0.717) is 0 Å². The van der Waals surface area contributed by atoms with Gasteiger partial charge in [-0.3, -0.25) is 0 Å². The highest BCUT2D eigenvalue weighted by atomic mass is 16.5. The molecule has 0 radical (unpaired) electrons.